The van der Waals surface area contributed by atoms with E-state index >= 15 is 0 Å². The Hall–Kier alpha value is -1.56. The summed E-state index contributed by atoms with van der Waals surface area (Å²) in [7, 11) is 0. The molecule has 1 aliphatic heterocycles. The summed E-state index contributed by atoms with van der Waals surface area (Å²) in [6, 6.07) is 5.34. The van der Waals surface area contributed by atoms with Gasteiger partial charge in [-0.25, -0.2) is 4.79 Å². The highest BCUT2D eigenvalue weighted by atomic mass is 79.9. The minimum atomic E-state index is -0.947. The largest absolute Gasteiger partial charge is 0.465 e. The van der Waals surface area contributed by atoms with Gasteiger partial charge in [-0.2, -0.15) is 0 Å². The summed E-state index contributed by atoms with van der Waals surface area (Å²) < 4.78 is 0.874. The van der Waals surface area contributed by atoms with E-state index in [1.165, 1.54) is 4.90 Å². The van der Waals surface area contributed by atoms with Crippen molar-refractivity contribution in [1.82, 2.24) is 4.90 Å². The van der Waals surface area contributed by atoms with E-state index in [1.807, 2.05) is 45.9 Å². The second-order valence-electron chi connectivity index (χ2n) is 7.02. The molecule has 0 unspecified atom stereocenters. The Morgan fingerprint density at radius 1 is 1.35 bits per heavy atom. The van der Waals surface area contributed by atoms with Crippen molar-refractivity contribution in [3.63, 3.8) is 0 Å². The van der Waals surface area contributed by atoms with Crippen molar-refractivity contribution in [1.29, 1.82) is 0 Å². The van der Waals surface area contributed by atoms with Crippen molar-refractivity contribution in [3.05, 3.63) is 28.2 Å². The first kappa shape index (κ1) is 17.8. The first-order valence-corrected chi connectivity index (χ1v) is 8.45. The van der Waals surface area contributed by atoms with E-state index in [2.05, 4.69) is 15.9 Å². The van der Waals surface area contributed by atoms with Gasteiger partial charge in [-0.05, 0) is 57.9 Å². The Balaban J connectivity index is 2.63. The predicted octanol–water partition coefficient (Wildman–Crippen LogP) is 4.41. The lowest BCUT2D eigenvalue weighted by molar-refractivity contribution is -0.117. The number of carboxylic acid groups (broad SMARTS) is 1. The van der Waals surface area contributed by atoms with Crippen LogP contribution in [0.4, 0.5) is 10.5 Å². The van der Waals surface area contributed by atoms with E-state index in [4.69, 9.17) is 0 Å². The zero-order valence-electron chi connectivity index (χ0n) is 14.1. The molecular formula is C17H23BrN2O3. The second kappa shape index (κ2) is 6.15. The molecule has 1 heterocycles. The summed E-state index contributed by atoms with van der Waals surface area (Å²) in [4.78, 5) is 27.2. The summed E-state index contributed by atoms with van der Waals surface area (Å²) in [5.74, 6) is -0.0304. The van der Waals surface area contributed by atoms with Gasteiger partial charge < -0.3 is 10.0 Å². The first-order valence-electron chi connectivity index (χ1n) is 7.65. The Kier molecular flexibility index (Phi) is 4.76. The average Bonchev–Trinajstić information content (AvgIpc) is 2.36. The molecule has 2 rings (SSSR count). The maximum absolute atomic E-state index is 12.0. The molecule has 0 bridgehead atoms. The molecule has 0 spiro atoms. The number of hydrogen-bond acceptors (Lipinski definition) is 2. The van der Waals surface area contributed by atoms with Crippen LogP contribution in [0.15, 0.2) is 22.7 Å². The van der Waals surface area contributed by atoms with Gasteiger partial charge in [0.1, 0.15) is 0 Å². The quantitative estimate of drug-likeness (QED) is 0.781. The number of benzene rings is 1. The molecule has 1 aliphatic rings. The standard InChI is InChI=1S/C17H23BrN2O3/c1-10-8-15(20(16(22)23)17(3,4)5)13-9-12(18)6-7-14(13)19(10)11(2)21/h6-7,9-10,15H,8H2,1-5H3,(H,22,23)/t10-,15+/m0/s1. The van der Waals surface area contributed by atoms with E-state index in [-0.39, 0.29) is 18.0 Å². The number of hydrogen-bond donors (Lipinski definition) is 1. The van der Waals surface area contributed by atoms with Crippen molar-refractivity contribution >= 4 is 33.6 Å². The smallest absolute Gasteiger partial charge is 0.408 e. The summed E-state index contributed by atoms with van der Waals surface area (Å²) in [5, 5.41) is 9.75. The Morgan fingerprint density at radius 2 is 1.96 bits per heavy atom. The molecule has 0 saturated heterocycles. The van der Waals surface area contributed by atoms with Gasteiger partial charge >= 0.3 is 6.09 Å². The summed E-state index contributed by atoms with van der Waals surface area (Å²) in [6.07, 6.45) is -0.371. The Bertz CT molecular complexity index is 639. The Labute approximate surface area is 145 Å². The number of nitrogens with zero attached hydrogens (tertiary/aromatic N) is 2. The van der Waals surface area contributed by atoms with E-state index < -0.39 is 11.6 Å². The molecule has 1 aromatic carbocycles. The molecular weight excluding hydrogens is 360 g/mol. The number of halogens is 1. The molecule has 0 aromatic heterocycles. The number of amides is 2. The number of fused-ring (bicyclic) bond motifs is 1. The molecule has 23 heavy (non-hydrogen) atoms. The third-order valence-electron chi connectivity index (χ3n) is 4.19. The lowest BCUT2D eigenvalue weighted by Gasteiger charge is -2.46. The topological polar surface area (TPSA) is 60.9 Å². The zero-order chi connectivity index (χ0) is 17.5. The normalized spacial score (nSPS) is 20.9. The van der Waals surface area contributed by atoms with Crippen LogP contribution in [-0.4, -0.2) is 33.6 Å². The van der Waals surface area contributed by atoms with Crippen LogP contribution in [-0.2, 0) is 4.79 Å². The van der Waals surface area contributed by atoms with Gasteiger partial charge in [-0.1, -0.05) is 15.9 Å². The average molecular weight is 383 g/mol. The summed E-state index contributed by atoms with van der Waals surface area (Å²) in [5.41, 5.74) is 1.12. The lowest BCUT2D eigenvalue weighted by atomic mass is 9.88. The van der Waals surface area contributed by atoms with Gasteiger partial charge in [-0.3, -0.25) is 9.69 Å². The van der Waals surface area contributed by atoms with Gasteiger partial charge in [0, 0.05) is 28.7 Å². The number of carbonyl (C=O) groups is 2. The highest BCUT2D eigenvalue weighted by Gasteiger charge is 2.41. The molecule has 126 valence electrons. The number of carbonyl (C=O) groups excluding carboxylic acids is 1. The first-order chi connectivity index (χ1) is 10.5. The molecule has 2 atom stereocenters. The van der Waals surface area contributed by atoms with Gasteiger partial charge in [-0.15, -0.1) is 0 Å². The predicted molar refractivity (Wildman–Crippen MR) is 93.7 cm³/mol. The van der Waals surface area contributed by atoms with E-state index in [0.29, 0.717) is 6.42 Å². The van der Waals surface area contributed by atoms with Crippen LogP contribution < -0.4 is 4.90 Å². The SMILES string of the molecule is CC(=O)N1c2ccc(Br)cc2[C@H](N(C(=O)O)C(C)(C)C)C[C@@H]1C. The van der Waals surface area contributed by atoms with Crippen LogP contribution in [0.25, 0.3) is 0 Å². The molecule has 1 N–H and O–H groups in total. The molecule has 0 aliphatic carbocycles. The van der Waals surface area contributed by atoms with E-state index in [1.54, 1.807) is 11.8 Å². The lowest BCUT2D eigenvalue weighted by Crippen LogP contribution is -2.52. The van der Waals surface area contributed by atoms with Gasteiger partial charge in [0.15, 0.2) is 0 Å². The summed E-state index contributed by atoms with van der Waals surface area (Å²) in [6.45, 7) is 9.17. The van der Waals surface area contributed by atoms with Crippen LogP contribution in [0.1, 0.15) is 52.6 Å². The Morgan fingerprint density at radius 3 is 2.43 bits per heavy atom. The number of rotatable bonds is 1. The van der Waals surface area contributed by atoms with Crippen molar-refractivity contribution in [2.24, 2.45) is 0 Å². The van der Waals surface area contributed by atoms with Crippen molar-refractivity contribution in [2.75, 3.05) is 4.90 Å². The van der Waals surface area contributed by atoms with Crippen molar-refractivity contribution < 1.29 is 14.7 Å². The second-order valence-corrected chi connectivity index (χ2v) is 7.93. The highest BCUT2D eigenvalue weighted by molar-refractivity contribution is 9.10. The van der Waals surface area contributed by atoms with Crippen LogP contribution in [0.5, 0.6) is 0 Å². The fourth-order valence-electron chi connectivity index (χ4n) is 3.42. The molecule has 1 aromatic rings. The van der Waals surface area contributed by atoms with Crippen molar-refractivity contribution in [3.8, 4) is 0 Å². The number of anilines is 1. The van der Waals surface area contributed by atoms with E-state index in [0.717, 1.165) is 15.7 Å². The minimum Gasteiger partial charge on any atom is -0.465 e. The van der Waals surface area contributed by atoms with Crippen LogP contribution in [0, 0.1) is 0 Å². The third-order valence-corrected chi connectivity index (χ3v) is 4.69. The van der Waals surface area contributed by atoms with Gasteiger partial charge in [0.25, 0.3) is 0 Å². The van der Waals surface area contributed by atoms with Crippen LogP contribution in [0.2, 0.25) is 0 Å². The molecule has 0 fully saturated rings. The molecule has 2 amide bonds. The van der Waals surface area contributed by atoms with E-state index in [9.17, 15) is 14.7 Å². The van der Waals surface area contributed by atoms with Crippen LogP contribution in [0.3, 0.4) is 0 Å². The molecule has 0 saturated carbocycles. The summed E-state index contributed by atoms with van der Waals surface area (Å²) >= 11 is 3.46. The zero-order valence-corrected chi connectivity index (χ0v) is 15.7. The monoisotopic (exact) mass is 382 g/mol. The maximum Gasteiger partial charge on any atom is 0.408 e. The minimum absolute atomic E-state index is 0.0304. The van der Waals surface area contributed by atoms with Gasteiger partial charge in [0.05, 0.1) is 6.04 Å². The van der Waals surface area contributed by atoms with Crippen LogP contribution >= 0.6 is 15.9 Å². The maximum atomic E-state index is 12.0. The third kappa shape index (κ3) is 3.37. The fourth-order valence-corrected chi connectivity index (χ4v) is 3.80. The molecule has 5 nitrogen and oxygen atoms in total. The highest BCUT2D eigenvalue weighted by Crippen LogP contribution is 2.43. The van der Waals surface area contributed by atoms with Crippen molar-refractivity contribution in [2.45, 2.75) is 58.7 Å². The molecule has 6 heteroatoms. The molecule has 0 radical (unpaired) electrons. The van der Waals surface area contributed by atoms with Gasteiger partial charge in [0.2, 0.25) is 5.91 Å². The fraction of sp³-hybridized carbons (Fsp3) is 0.529.